The van der Waals surface area contributed by atoms with Crippen LogP contribution in [0.1, 0.15) is 32.2 Å². The summed E-state index contributed by atoms with van der Waals surface area (Å²) in [5, 5.41) is 2.96. The number of ether oxygens (including phenoxy) is 3. The Morgan fingerprint density at radius 3 is 2.86 bits per heavy atom. The summed E-state index contributed by atoms with van der Waals surface area (Å²) < 4.78 is 16.1. The predicted octanol–water partition coefficient (Wildman–Crippen LogP) is 3.45. The number of hydrogen-bond donors (Lipinski definition) is 0. The predicted molar refractivity (Wildman–Crippen MR) is 111 cm³/mol. The first-order valence-corrected chi connectivity index (χ1v) is 10.6. The SMILES string of the molecule is CCC(C(=O)OC(C)C)N1C(=O)COc2ccc(-c3csc(CCOC)n3)cc21. The van der Waals surface area contributed by atoms with Gasteiger partial charge in [0.15, 0.2) is 6.61 Å². The maximum absolute atomic E-state index is 12.7. The van der Waals surface area contributed by atoms with Crippen LogP contribution in [0.3, 0.4) is 0 Å². The lowest BCUT2D eigenvalue weighted by Gasteiger charge is -2.34. The number of anilines is 1. The molecule has 1 unspecified atom stereocenters. The van der Waals surface area contributed by atoms with Crippen LogP contribution in [-0.4, -0.2) is 49.3 Å². The lowest BCUT2D eigenvalue weighted by atomic mass is 10.1. The van der Waals surface area contributed by atoms with Crippen LogP contribution in [0.15, 0.2) is 23.6 Å². The summed E-state index contributed by atoms with van der Waals surface area (Å²) in [6.07, 6.45) is 0.941. The van der Waals surface area contributed by atoms with Crippen molar-refractivity contribution in [1.82, 2.24) is 4.98 Å². The third-order valence-corrected chi connectivity index (χ3v) is 5.44. The van der Waals surface area contributed by atoms with E-state index in [2.05, 4.69) is 4.98 Å². The number of nitrogens with zero attached hydrogens (tertiary/aromatic N) is 2. The summed E-state index contributed by atoms with van der Waals surface area (Å²) in [7, 11) is 1.66. The van der Waals surface area contributed by atoms with E-state index in [-0.39, 0.29) is 18.6 Å². The van der Waals surface area contributed by atoms with Crippen molar-refractivity contribution in [2.45, 2.75) is 45.8 Å². The van der Waals surface area contributed by atoms with Crippen molar-refractivity contribution in [3.8, 4) is 17.0 Å². The van der Waals surface area contributed by atoms with Gasteiger partial charge in [0.05, 0.1) is 29.1 Å². The maximum Gasteiger partial charge on any atom is 0.329 e. The molecule has 156 valence electrons. The molecule has 1 aliphatic rings. The zero-order chi connectivity index (χ0) is 21.0. The smallest absolute Gasteiger partial charge is 0.329 e. The summed E-state index contributed by atoms with van der Waals surface area (Å²) in [5.74, 6) is -0.107. The summed E-state index contributed by atoms with van der Waals surface area (Å²) in [4.78, 5) is 31.5. The monoisotopic (exact) mass is 418 g/mol. The molecule has 0 spiro atoms. The van der Waals surface area contributed by atoms with Crippen LogP contribution < -0.4 is 9.64 Å². The van der Waals surface area contributed by atoms with Gasteiger partial charge in [0.2, 0.25) is 0 Å². The van der Waals surface area contributed by atoms with Gasteiger partial charge in [-0.1, -0.05) is 6.92 Å². The second-order valence-electron chi connectivity index (χ2n) is 7.01. The molecule has 1 amide bonds. The van der Waals surface area contributed by atoms with Crippen molar-refractivity contribution in [3.63, 3.8) is 0 Å². The van der Waals surface area contributed by atoms with Crippen LogP contribution in [0.4, 0.5) is 5.69 Å². The Bertz CT molecular complexity index is 880. The highest BCUT2D eigenvalue weighted by atomic mass is 32.1. The Kier molecular flexibility index (Phi) is 6.87. The molecule has 0 bridgehead atoms. The first kappa shape index (κ1) is 21.3. The molecule has 1 atom stereocenters. The third kappa shape index (κ3) is 4.76. The van der Waals surface area contributed by atoms with E-state index in [0.29, 0.717) is 24.5 Å². The number of amides is 1. The molecule has 1 aromatic heterocycles. The van der Waals surface area contributed by atoms with E-state index < -0.39 is 12.0 Å². The summed E-state index contributed by atoms with van der Waals surface area (Å²) in [6, 6.07) is 4.89. The number of aromatic nitrogens is 1. The number of carbonyl (C=O) groups is 2. The molecule has 7 nitrogen and oxygen atoms in total. The molecule has 2 heterocycles. The molecule has 8 heteroatoms. The first-order valence-electron chi connectivity index (χ1n) is 9.67. The van der Waals surface area contributed by atoms with Gasteiger partial charge < -0.3 is 14.2 Å². The second kappa shape index (κ2) is 9.37. The fraction of sp³-hybridized carbons (Fsp3) is 0.476. The molecule has 0 N–H and O–H groups in total. The van der Waals surface area contributed by atoms with Gasteiger partial charge >= 0.3 is 5.97 Å². The van der Waals surface area contributed by atoms with Gasteiger partial charge in [0, 0.05) is 24.5 Å². The lowest BCUT2D eigenvalue weighted by molar-refractivity contribution is -0.150. The van der Waals surface area contributed by atoms with E-state index in [9.17, 15) is 9.59 Å². The Morgan fingerprint density at radius 1 is 1.38 bits per heavy atom. The molecule has 1 aromatic carbocycles. The molecule has 0 aliphatic carbocycles. The molecular formula is C21H26N2O5S. The van der Waals surface area contributed by atoms with Gasteiger partial charge in [-0.05, 0) is 38.5 Å². The average Bonchev–Trinajstić information content (AvgIpc) is 3.16. The highest BCUT2D eigenvalue weighted by Gasteiger charge is 2.36. The minimum atomic E-state index is -0.699. The average molecular weight is 419 g/mol. The minimum absolute atomic E-state index is 0.102. The minimum Gasteiger partial charge on any atom is -0.482 e. The van der Waals surface area contributed by atoms with E-state index in [0.717, 1.165) is 22.7 Å². The molecule has 3 rings (SSSR count). The van der Waals surface area contributed by atoms with E-state index in [1.54, 1.807) is 32.3 Å². The molecule has 0 fully saturated rings. The maximum atomic E-state index is 12.7. The Labute approximate surface area is 174 Å². The van der Waals surface area contributed by atoms with Crippen LogP contribution in [0.2, 0.25) is 0 Å². The van der Waals surface area contributed by atoms with E-state index in [1.807, 2.05) is 30.5 Å². The highest BCUT2D eigenvalue weighted by molar-refractivity contribution is 7.09. The number of benzene rings is 1. The van der Waals surface area contributed by atoms with Crippen LogP contribution in [0, 0.1) is 0 Å². The van der Waals surface area contributed by atoms with Gasteiger partial charge in [-0.25, -0.2) is 9.78 Å². The van der Waals surface area contributed by atoms with Gasteiger partial charge in [-0.2, -0.15) is 0 Å². The van der Waals surface area contributed by atoms with Crippen molar-refractivity contribution < 1.29 is 23.8 Å². The number of thiazole rings is 1. The summed E-state index contributed by atoms with van der Waals surface area (Å²) in [5.41, 5.74) is 2.25. The lowest BCUT2D eigenvalue weighted by Crippen LogP contribution is -2.50. The fourth-order valence-electron chi connectivity index (χ4n) is 3.19. The zero-order valence-corrected chi connectivity index (χ0v) is 18.0. The van der Waals surface area contributed by atoms with Crippen molar-refractivity contribution in [1.29, 1.82) is 0 Å². The van der Waals surface area contributed by atoms with Gasteiger partial charge in [0.1, 0.15) is 11.8 Å². The van der Waals surface area contributed by atoms with Gasteiger partial charge in [-0.15, -0.1) is 11.3 Å². The van der Waals surface area contributed by atoms with Crippen molar-refractivity contribution in [2.24, 2.45) is 0 Å². The van der Waals surface area contributed by atoms with Crippen molar-refractivity contribution in [2.75, 3.05) is 25.2 Å². The largest absolute Gasteiger partial charge is 0.482 e. The third-order valence-electron chi connectivity index (χ3n) is 4.53. The topological polar surface area (TPSA) is 78.0 Å². The number of carbonyl (C=O) groups excluding carboxylic acids is 2. The molecule has 1 aliphatic heterocycles. The van der Waals surface area contributed by atoms with Crippen LogP contribution in [0.5, 0.6) is 5.75 Å². The summed E-state index contributed by atoms with van der Waals surface area (Å²) in [6.45, 7) is 5.96. The molecule has 0 saturated carbocycles. The van der Waals surface area contributed by atoms with E-state index in [4.69, 9.17) is 14.2 Å². The number of esters is 1. The molecule has 0 radical (unpaired) electrons. The van der Waals surface area contributed by atoms with Crippen LogP contribution in [0.25, 0.3) is 11.3 Å². The quantitative estimate of drug-likeness (QED) is 0.611. The molecule has 29 heavy (non-hydrogen) atoms. The fourth-order valence-corrected chi connectivity index (χ4v) is 3.97. The van der Waals surface area contributed by atoms with Crippen LogP contribution in [-0.2, 0) is 25.5 Å². The molecule has 2 aromatic rings. The van der Waals surface area contributed by atoms with E-state index in [1.165, 1.54) is 4.90 Å². The highest BCUT2D eigenvalue weighted by Crippen LogP contribution is 2.38. The van der Waals surface area contributed by atoms with Gasteiger partial charge in [-0.3, -0.25) is 9.69 Å². The normalized spacial score (nSPS) is 14.5. The van der Waals surface area contributed by atoms with Crippen molar-refractivity contribution >= 4 is 28.9 Å². The Balaban J connectivity index is 1.94. The Hall–Kier alpha value is -2.45. The number of rotatable bonds is 8. The van der Waals surface area contributed by atoms with Gasteiger partial charge in [0.25, 0.3) is 5.91 Å². The van der Waals surface area contributed by atoms with Crippen LogP contribution >= 0.6 is 11.3 Å². The zero-order valence-electron chi connectivity index (χ0n) is 17.1. The number of methoxy groups -OCH3 is 1. The number of fused-ring (bicyclic) bond motifs is 1. The summed E-state index contributed by atoms with van der Waals surface area (Å²) >= 11 is 1.57. The first-order chi connectivity index (χ1) is 13.9. The number of hydrogen-bond acceptors (Lipinski definition) is 7. The van der Waals surface area contributed by atoms with Crippen molar-refractivity contribution in [3.05, 3.63) is 28.6 Å². The molecule has 0 saturated heterocycles. The Morgan fingerprint density at radius 2 is 2.17 bits per heavy atom. The second-order valence-corrected chi connectivity index (χ2v) is 7.96. The van der Waals surface area contributed by atoms with E-state index >= 15 is 0 Å². The molecular weight excluding hydrogens is 392 g/mol. The standard InChI is InChI=1S/C21H26N2O5S/c1-5-16(21(25)28-13(2)3)23-17-10-14(6-7-18(17)27-11-20(23)24)15-12-29-19(22-15)8-9-26-4/h6-7,10,12-13,16H,5,8-9,11H2,1-4H3.